The molecule has 2 atom stereocenters. The van der Waals surface area contributed by atoms with E-state index in [0.29, 0.717) is 12.8 Å². The molecule has 82 heavy (non-hydrogen) atoms. The van der Waals surface area contributed by atoms with Gasteiger partial charge in [0, 0.05) is 6.42 Å². The number of carbonyl (C=O) groups excluding carboxylic acids is 1. The quantitative estimate of drug-likeness (QED) is 0.0420. The second-order valence-electron chi connectivity index (χ2n) is 24.3. The van der Waals surface area contributed by atoms with Crippen molar-refractivity contribution < 1.29 is 15.0 Å². The van der Waals surface area contributed by atoms with E-state index >= 15 is 0 Å². The van der Waals surface area contributed by atoms with Crippen LogP contribution in [-0.2, 0) is 4.79 Å². The van der Waals surface area contributed by atoms with Crippen molar-refractivity contribution in [2.45, 2.75) is 373 Å². The van der Waals surface area contributed by atoms with Gasteiger partial charge in [0.2, 0.25) is 5.91 Å². The lowest BCUT2D eigenvalue weighted by atomic mass is 10.0. The van der Waals surface area contributed by atoms with E-state index in [1.54, 1.807) is 0 Å². The largest absolute Gasteiger partial charge is 0.394 e. The van der Waals surface area contributed by atoms with E-state index in [2.05, 4.69) is 129 Å². The summed E-state index contributed by atoms with van der Waals surface area (Å²) < 4.78 is 0. The van der Waals surface area contributed by atoms with Gasteiger partial charge in [0.15, 0.2) is 0 Å². The molecule has 0 aromatic heterocycles. The molecule has 0 radical (unpaired) electrons. The monoisotopic (exact) mass is 1140 g/mol. The fourth-order valence-corrected chi connectivity index (χ4v) is 10.9. The van der Waals surface area contributed by atoms with Crippen LogP contribution in [0.4, 0.5) is 0 Å². The Morgan fingerprint density at radius 1 is 0.305 bits per heavy atom. The Kier molecular flexibility index (Phi) is 69.7. The van der Waals surface area contributed by atoms with E-state index in [0.717, 1.165) is 83.5 Å². The van der Waals surface area contributed by atoms with E-state index < -0.39 is 12.1 Å². The molecule has 0 spiro atoms. The van der Waals surface area contributed by atoms with Crippen LogP contribution < -0.4 is 5.32 Å². The molecule has 0 saturated carbocycles. The maximum Gasteiger partial charge on any atom is 0.220 e. The van der Waals surface area contributed by atoms with Crippen LogP contribution in [0.1, 0.15) is 361 Å². The van der Waals surface area contributed by atoms with Gasteiger partial charge >= 0.3 is 0 Å². The molecular weight excluding hydrogens is 999 g/mol. The standard InChI is InChI=1S/C78H139NO3/c1-3-5-7-9-11-13-15-17-19-21-23-25-27-29-31-33-35-36-37-38-39-40-41-42-44-46-48-50-52-54-56-58-60-62-64-66-68-70-72-74-78(82)79-76(75-80)77(81)73-71-69-67-65-63-61-59-57-55-53-51-49-47-45-43-34-32-30-28-26-24-22-20-18-16-14-12-10-8-6-4-2/h5,7,11,13,17,19,23,25,29,31,35-36,38-39,41-42,46,48,76-77,80-81H,3-4,6,8-10,12,14-16,18,20-22,24,26-28,30,32-34,37,40,43-45,47,49-75H2,1-2H3,(H,79,82)/b7-5-,13-11-,19-17-,25-23-,31-29-,36-35-,39-38-,42-41-,48-46-. The molecule has 2 unspecified atom stereocenters. The summed E-state index contributed by atoms with van der Waals surface area (Å²) in [4.78, 5) is 12.6. The first kappa shape index (κ1) is 79.0. The van der Waals surface area contributed by atoms with E-state index in [4.69, 9.17) is 0 Å². The normalized spacial score (nSPS) is 13.4. The summed E-state index contributed by atoms with van der Waals surface area (Å²) in [5.41, 5.74) is 0. The molecule has 4 nitrogen and oxygen atoms in total. The number of amides is 1. The van der Waals surface area contributed by atoms with Gasteiger partial charge in [0.25, 0.3) is 0 Å². The van der Waals surface area contributed by atoms with E-state index in [9.17, 15) is 15.0 Å². The second kappa shape index (κ2) is 72.3. The van der Waals surface area contributed by atoms with Crippen LogP contribution in [0.2, 0.25) is 0 Å². The molecule has 0 aromatic carbocycles. The van der Waals surface area contributed by atoms with Crippen LogP contribution >= 0.6 is 0 Å². The summed E-state index contributed by atoms with van der Waals surface area (Å²) in [5.74, 6) is -0.0336. The zero-order valence-electron chi connectivity index (χ0n) is 54.7. The van der Waals surface area contributed by atoms with Crippen LogP contribution in [0, 0.1) is 0 Å². The lowest BCUT2D eigenvalue weighted by Crippen LogP contribution is -2.45. The molecule has 0 saturated heterocycles. The highest BCUT2D eigenvalue weighted by molar-refractivity contribution is 5.76. The molecule has 0 rings (SSSR count). The van der Waals surface area contributed by atoms with Gasteiger partial charge in [-0.15, -0.1) is 0 Å². The molecule has 0 aliphatic carbocycles. The summed E-state index contributed by atoms with van der Waals surface area (Å²) in [7, 11) is 0. The van der Waals surface area contributed by atoms with Gasteiger partial charge in [0.1, 0.15) is 0 Å². The zero-order valence-corrected chi connectivity index (χ0v) is 54.7. The number of nitrogens with one attached hydrogen (secondary N) is 1. The summed E-state index contributed by atoms with van der Waals surface area (Å²) >= 11 is 0. The minimum atomic E-state index is -0.669. The van der Waals surface area contributed by atoms with Crippen LogP contribution in [0.25, 0.3) is 0 Å². The Morgan fingerprint density at radius 2 is 0.537 bits per heavy atom. The predicted octanol–water partition coefficient (Wildman–Crippen LogP) is 24.9. The van der Waals surface area contributed by atoms with Gasteiger partial charge in [-0.05, 0) is 83.5 Å². The van der Waals surface area contributed by atoms with Crippen molar-refractivity contribution in [1.29, 1.82) is 0 Å². The molecular formula is C78H139NO3. The molecule has 0 fully saturated rings. The molecule has 0 heterocycles. The van der Waals surface area contributed by atoms with E-state index in [1.165, 1.54) is 250 Å². The number of hydrogen-bond donors (Lipinski definition) is 3. The van der Waals surface area contributed by atoms with Crippen molar-refractivity contribution in [3.05, 3.63) is 109 Å². The fraction of sp³-hybridized carbons (Fsp3) is 0.756. The first-order valence-electron chi connectivity index (χ1n) is 36.1. The predicted molar refractivity (Wildman–Crippen MR) is 368 cm³/mol. The highest BCUT2D eigenvalue weighted by Crippen LogP contribution is 2.19. The topological polar surface area (TPSA) is 69.6 Å². The Labute approximate surface area is 512 Å². The summed E-state index contributed by atoms with van der Waals surface area (Å²) in [5, 5.41) is 23.5. The molecule has 3 N–H and O–H groups in total. The van der Waals surface area contributed by atoms with Crippen molar-refractivity contribution in [3.63, 3.8) is 0 Å². The third-order valence-electron chi connectivity index (χ3n) is 16.3. The lowest BCUT2D eigenvalue weighted by molar-refractivity contribution is -0.123. The number of unbranched alkanes of at least 4 members (excludes halogenated alkanes) is 41. The molecule has 4 heteroatoms. The van der Waals surface area contributed by atoms with Crippen LogP contribution in [0.3, 0.4) is 0 Å². The Bertz CT molecular complexity index is 1530. The summed E-state index contributed by atoms with van der Waals surface area (Å²) in [6, 6.07) is -0.547. The Hall–Kier alpha value is -2.95. The van der Waals surface area contributed by atoms with Crippen LogP contribution in [0.5, 0.6) is 0 Å². The average Bonchev–Trinajstić information content (AvgIpc) is 3.50. The molecule has 0 bridgehead atoms. The minimum absolute atomic E-state index is 0.0336. The maximum atomic E-state index is 12.6. The maximum absolute atomic E-state index is 12.6. The second-order valence-corrected chi connectivity index (χ2v) is 24.3. The van der Waals surface area contributed by atoms with Gasteiger partial charge in [-0.2, -0.15) is 0 Å². The van der Waals surface area contributed by atoms with Crippen LogP contribution in [0.15, 0.2) is 109 Å². The molecule has 1 amide bonds. The first-order valence-corrected chi connectivity index (χ1v) is 36.1. The number of rotatable bonds is 66. The third kappa shape index (κ3) is 67.8. The summed E-state index contributed by atoms with van der Waals surface area (Å²) in [6.45, 7) is 4.27. The first-order chi connectivity index (χ1) is 40.7. The van der Waals surface area contributed by atoms with Crippen molar-refractivity contribution in [2.75, 3.05) is 6.61 Å². The number of carbonyl (C=O) groups is 1. The third-order valence-corrected chi connectivity index (χ3v) is 16.3. The van der Waals surface area contributed by atoms with Gasteiger partial charge in [-0.3, -0.25) is 4.79 Å². The van der Waals surface area contributed by atoms with Gasteiger partial charge in [0.05, 0.1) is 18.8 Å². The van der Waals surface area contributed by atoms with Crippen molar-refractivity contribution in [2.24, 2.45) is 0 Å². The number of allylic oxidation sites excluding steroid dienone is 18. The van der Waals surface area contributed by atoms with Gasteiger partial charge < -0.3 is 15.5 Å². The highest BCUT2D eigenvalue weighted by atomic mass is 16.3. The SMILES string of the molecule is CC/C=C\C/C=C\C/C=C\C/C=C\C/C=C\C/C=C\C/C=C\C/C=C\C/C=C\CCCCCCCCCCCCCC(=O)NC(CO)C(O)CCCCCCCCCCCCCCCCCCCCCCCCCCCCCCCCC. The number of hydrogen-bond acceptors (Lipinski definition) is 3. The smallest absolute Gasteiger partial charge is 0.220 e. The highest BCUT2D eigenvalue weighted by Gasteiger charge is 2.20. The van der Waals surface area contributed by atoms with Gasteiger partial charge in [-0.1, -0.05) is 380 Å². The van der Waals surface area contributed by atoms with Crippen molar-refractivity contribution >= 4 is 5.91 Å². The minimum Gasteiger partial charge on any atom is -0.394 e. The zero-order chi connectivity index (χ0) is 59.1. The van der Waals surface area contributed by atoms with Crippen molar-refractivity contribution in [1.82, 2.24) is 5.32 Å². The molecule has 0 aliphatic rings. The number of aliphatic hydroxyl groups is 2. The number of aliphatic hydroxyl groups excluding tert-OH is 2. The van der Waals surface area contributed by atoms with E-state index in [1.807, 2.05) is 0 Å². The van der Waals surface area contributed by atoms with Crippen molar-refractivity contribution in [3.8, 4) is 0 Å². The van der Waals surface area contributed by atoms with E-state index in [-0.39, 0.29) is 12.5 Å². The molecule has 0 aromatic rings. The Morgan fingerprint density at radius 3 is 0.805 bits per heavy atom. The average molecular weight is 1140 g/mol. The lowest BCUT2D eigenvalue weighted by Gasteiger charge is -2.22. The Balaban J connectivity index is 3.49. The molecule has 474 valence electrons. The molecule has 0 aliphatic heterocycles. The summed E-state index contributed by atoms with van der Waals surface area (Å²) in [6.07, 6.45) is 109. The van der Waals surface area contributed by atoms with Gasteiger partial charge in [-0.25, -0.2) is 0 Å². The fourth-order valence-electron chi connectivity index (χ4n) is 10.9. The van der Waals surface area contributed by atoms with Crippen LogP contribution in [-0.4, -0.2) is 34.9 Å².